The van der Waals surface area contributed by atoms with Gasteiger partial charge < -0.3 is 9.47 Å². The highest BCUT2D eigenvalue weighted by Crippen LogP contribution is 2.25. The topological polar surface area (TPSA) is 65.2 Å². The van der Waals surface area contributed by atoms with Gasteiger partial charge in [-0.25, -0.2) is 4.98 Å². The predicted molar refractivity (Wildman–Crippen MR) is 136 cm³/mol. The number of carbonyl (C=O) groups excluding carboxylic acids is 1. The average Bonchev–Trinajstić information content (AvgIpc) is 3.22. The molecule has 2 aromatic carbocycles. The highest BCUT2D eigenvalue weighted by atomic mass is 35.5. The Morgan fingerprint density at radius 2 is 1.91 bits per heavy atom. The molecule has 1 amide bonds. The summed E-state index contributed by atoms with van der Waals surface area (Å²) >= 11 is 6.10. The third-order valence-corrected chi connectivity index (χ3v) is 5.95. The van der Waals surface area contributed by atoms with Crippen molar-refractivity contribution in [2.24, 2.45) is 0 Å². The number of anilines is 1. The van der Waals surface area contributed by atoms with Crippen LogP contribution < -0.4 is 4.90 Å². The van der Waals surface area contributed by atoms with Crippen LogP contribution in [0.4, 0.5) is 10.1 Å². The van der Waals surface area contributed by atoms with Crippen molar-refractivity contribution in [2.45, 2.75) is 25.6 Å². The third kappa shape index (κ3) is 6.49. The van der Waals surface area contributed by atoms with Gasteiger partial charge in [0.2, 0.25) is 5.91 Å². The minimum Gasteiger partial charge on any atom is -0.329 e. The Morgan fingerprint density at radius 3 is 2.59 bits per heavy atom. The Kier molecular flexibility index (Phi) is 10.3. The summed E-state index contributed by atoms with van der Waals surface area (Å²) in [5.74, 6) is -0.0412. The fourth-order valence-corrected chi connectivity index (χ4v) is 4.19. The van der Waals surface area contributed by atoms with Crippen LogP contribution in [0.25, 0.3) is 0 Å². The minimum atomic E-state index is -0.455. The number of hydrogen-bond donors (Lipinski definition) is 0. The molecular weight excluding hydrogens is 500 g/mol. The molecule has 0 N–H and O–H groups in total. The summed E-state index contributed by atoms with van der Waals surface area (Å²) in [7, 11) is 0. The maximum atomic E-state index is 13.4. The fourth-order valence-electron chi connectivity index (χ4n) is 4.01. The summed E-state index contributed by atoms with van der Waals surface area (Å²) < 4.78 is 15.4. The summed E-state index contributed by atoms with van der Waals surface area (Å²) in [5.41, 5.74) is 3.34. The molecule has 34 heavy (non-hydrogen) atoms. The van der Waals surface area contributed by atoms with E-state index in [1.807, 2.05) is 33.7 Å². The molecule has 2 heterocycles. The van der Waals surface area contributed by atoms with E-state index in [1.165, 1.54) is 0 Å². The van der Waals surface area contributed by atoms with Gasteiger partial charge in [-0.15, -0.1) is 24.8 Å². The van der Waals surface area contributed by atoms with Crippen LogP contribution in [-0.2, 0) is 17.9 Å². The number of nitrogens with zero attached hydrogens (tertiary/aromatic N) is 5. The molecule has 1 aromatic heterocycles. The second kappa shape index (κ2) is 12.7. The molecule has 10 heteroatoms. The van der Waals surface area contributed by atoms with Gasteiger partial charge in [0.05, 0.1) is 36.9 Å². The van der Waals surface area contributed by atoms with Gasteiger partial charge in [0.25, 0.3) is 0 Å². The number of benzene rings is 2. The van der Waals surface area contributed by atoms with Gasteiger partial charge in [-0.2, -0.15) is 5.26 Å². The van der Waals surface area contributed by atoms with Gasteiger partial charge in [0, 0.05) is 42.6 Å². The van der Waals surface area contributed by atoms with Crippen molar-refractivity contribution >= 4 is 48.0 Å². The fraction of sp³-hybridized carbons (Fsp3) is 0.292. The molecule has 3 aromatic rings. The Hall–Kier alpha value is -2.63. The first-order valence-electron chi connectivity index (χ1n) is 10.4. The van der Waals surface area contributed by atoms with Crippen molar-refractivity contribution < 1.29 is 9.18 Å². The van der Waals surface area contributed by atoms with Crippen LogP contribution in [0, 0.1) is 11.3 Å². The lowest BCUT2D eigenvalue weighted by Crippen LogP contribution is -2.56. The number of alkyl halides is 1. The molecule has 0 aliphatic carbocycles. The van der Waals surface area contributed by atoms with Crippen molar-refractivity contribution in [2.75, 3.05) is 24.7 Å². The van der Waals surface area contributed by atoms with Crippen LogP contribution in [0.1, 0.15) is 23.2 Å². The molecule has 1 fully saturated rings. The Balaban J connectivity index is 0.00000204. The largest absolute Gasteiger partial charge is 0.329 e. The Bertz CT molecular complexity index is 1130. The van der Waals surface area contributed by atoms with Crippen molar-refractivity contribution in [3.05, 3.63) is 82.9 Å². The molecule has 1 atom stereocenters. The van der Waals surface area contributed by atoms with Crippen LogP contribution in [0.5, 0.6) is 0 Å². The number of halogens is 4. The van der Waals surface area contributed by atoms with Gasteiger partial charge in [0.1, 0.15) is 0 Å². The van der Waals surface area contributed by atoms with E-state index in [1.54, 1.807) is 41.7 Å². The standard InChI is InChI=1S/C24H23ClFN5O.2ClH/c25-20-2-1-3-21(10-20)31-15-22(8-9-26)29(16-24(31)32)14-23-12-28-17-30(23)13-19-6-4-18(11-27)5-7-19;;/h1-7,10,12,17,22H,8-9,13-16H2;2*1H/t22-;;/m0../s1. The van der Waals surface area contributed by atoms with Gasteiger partial charge in [-0.3, -0.25) is 14.1 Å². The smallest absolute Gasteiger partial charge is 0.241 e. The molecule has 4 rings (SSSR count). The lowest BCUT2D eigenvalue weighted by molar-refractivity contribution is -0.122. The number of rotatable bonds is 7. The summed E-state index contributed by atoms with van der Waals surface area (Å²) in [6, 6.07) is 16.6. The van der Waals surface area contributed by atoms with Crippen LogP contribution in [0.15, 0.2) is 61.1 Å². The second-order valence-corrected chi connectivity index (χ2v) is 8.28. The van der Waals surface area contributed by atoms with E-state index in [4.69, 9.17) is 16.9 Å². The molecular formula is C24H25Cl3FN5O. The Labute approximate surface area is 215 Å². The predicted octanol–water partition coefficient (Wildman–Crippen LogP) is 4.88. The molecule has 0 saturated carbocycles. The summed E-state index contributed by atoms with van der Waals surface area (Å²) in [5, 5.41) is 9.53. The zero-order chi connectivity index (χ0) is 22.5. The molecule has 0 spiro atoms. The van der Waals surface area contributed by atoms with Crippen LogP contribution in [0.2, 0.25) is 5.02 Å². The van der Waals surface area contributed by atoms with Crippen molar-refractivity contribution in [1.29, 1.82) is 5.26 Å². The lowest BCUT2D eigenvalue weighted by atomic mass is 10.1. The van der Waals surface area contributed by atoms with Crippen LogP contribution in [0.3, 0.4) is 0 Å². The maximum Gasteiger partial charge on any atom is 0.241 e. The number of imidazole rings is 1. The molecule has 180 valence electrons. The quantitative estimate of drug-likeness (QED) is 0.442. The molecule has 6 nitrogen and oxygen atoms in total. The summed E-state index contributed by atoms with van der Waals surface area (Å²) in [6.07, 6.45) is 3.87. The van der Waals surface area contributed by atoms with E-state index in [-0.39, 0.29) is 43.3 Å². The number of amides is 1. The van der Waals surface area contributed by atoms with Crippen molar-refractivity contribution in [3.63, 3.8) is 0 Å². The number of nitriles is 1. The van der Waals surface area contributed by atoms with E-state index >= 15 is 0 Å². The molecule has 1 aliphatic rings. The van der Waals surface area contributed by atoms with Crippen molar-refractivity contribution in [1.82, 2.24) is 14.5 Å². The molecule has 1 aliphatic heterocycles. The first-order valence-corrected chi connectivity index (χ1v) is 10.8. The molecule has 0 radical (unpaired) electrons. The summed E-state index contributed by atoms with van der Waals surface area (Å²) in [4.78, 5) is 20.9. The third-order valence-electron chi connectivity index (χ3n) is 5.71. The van der Waals surface area contributed by atoms with Crippen LogP contribution >= 0.6 is 36.4 Å². The molecule has 1 saturated heterocycles. The maximum absolute atomic E-state index is 13.4. The van der Waals surface area contributed by atoms with Gasteiger partial charge in [0.15, 0.2) is 0 Å². The number of aromatic nitrogens is 2. The lowest BCUT2D eigenvalue weighted by Gasteiger charge is -2.40. The van der Waals surface area contributed by atoms with E-state index in [0.29, 0.717) is 36.6 Å². The van der Waals surface area contributed by atoms with Gasteiger partial charge >= 0.3 is 0 Å². The second-order valence-electron chi connectivity index (χ2n) is 7.84. The highest BCUT2D eigenvalue weighted by molar-refractivity contribution is 6.30. The zero-order valence-corrected chi connectivity index (χ0v) is 20.7. The molecule has 0 unspecified atom stereocenters. The first kappa shape index (κ1) is 27.6. The minimum absolute atomic E-state index is 0. The van der Waals surface area contributed by atoms with Crippen LogP contribution in [-0.4, -0.2) is 46.2 Å². The number of carbonyl (C=O) groups is 1. The van der Waals surface area contributed by atoms with Gasteiger partial charge in [-0.05, 0) is 42.3 Å². The average molecular weight is 525 g/mol. The molecule has 0 bridgehead atoms. The highest BCUT2D eigenvalue weighted by Gasteiger charge is 2.33. The van der Waals surface area contributed by atoms with E-state index < -0.39 is 6.67 Å². The monoisotopic (exact) mass is 523 g/mol. The van der Waals surface area contributed by atoms with E-state index in [2.05, 4.69) is 11.1 Å². The number of piperazine rings is 1. The van der Waals surface area contributed by atoms with Gasteiger partial charge in [-0.1, -0.05) is 29.8 Å². The zero-order valence-electron chi connectivity index (χ0n) is 18.3. The summed E-state index contributed by atoms with van der Waals surface area (Å²) in [6.45, 7) is 1.25. The Morgan fingerprint density at radius 1 is 1.15 bits per heavy atom. The normalized spacial score (nSPS) is 15.9. The van der Waals surface area contributed by atoms with E-state index in [9.17, 15) is 9.18 Å². The van der Waals surface area contributed by atoms with Crippen molar-refractivity contribution in [3.8, 4) is 6.07 Å². The number of hydrogen-bond acceptors (Lipinski definition) is 4. The SMILES string of the molecule is Cl.Cl.N#Cc1ccc(Cn2cncc2CN2CC(=O)N(c3cccc(Cl)c3)C[C@@H]2CCF)cc1. The first-order chi connectivity index (χ1) is 15.6. The van der Waals surface area contributed by atoms with E-state index in [0.717, 1.165) is 16.9 Å².